The monoisotopic (exact) mass is 328 g/mol. The lowest BCUT2D eigenvalue weighted by molar-refractivity contribution is -0.307. The predicted octanol–water partition coefficient (Wildman–Crippen LogP) is -0.297. The number of imidazole rings is 1. The second-order valence-corrected chi connectivity index (χ2v) is 6.38. The average molecular weight is 329 g/mol. The van der Waals surface area contributed by atoms with E-state index in [0.717, 1.165) is 0 Å². The van der Waals surface area contributed by atoms with Crippen LogP contribution in [0.15, 0.2) is 41.7 Å². The van der Waals surface area contributed by atoms with Crippen molar-refractivity contribution in [3.8, 4) is 0 Å². The van der Waals surface area contributed by atoms with Crippen molar-refractivity contribution in [2.24, 2.45) is 0 Å². The van der Waals surface area contributed by atoms with Gasteiger partial charge in [-0.15, -0.1) is 0 Å². The largest absolute Gasteiger partial charge is 0.548 e. The molecular weight excluding hydrogens is 318 g/mol. The van der Waals surface area contributed by atoms with E-state index in [1.807, 2.05) is 0 Å². The number of nitrogens with zero attached hydrogens (tertiary/aromatic N) is 1. The fourth-order valence-electron chi connectivity index (χ4n) is 1.66. The Morgan fingerprint density at radius 2 is 2.05 bits per heavy atom. The Labute approximate surface area is 126 Å². The Morgan fingerprint density at radius 3 is 2.57 bits per heavy atom. The highest BCUT2D eigenvalue weighted by Gasteiger charge is 2.21. The second kappa shape index (κ2) is 6.25. The summed E-state index contributed by atoms with van der Waals surface area (Å²) in [4.78, 5) is 17.5. The molecule has 0 amide bonds. The summed E-state index contributed by atoms with van der Waals surface area (Å²) in [6.07, 6.45) is 2.68. The summed E-state index contributed by atoms with van der Waals surface area (Å²) in [5.41, 5.74) is 0.475. The molecule has 1 aromatic carbocycles. The van der Waals surface area contributed by atoms with Crippen LogP contribution in [0.25, 0.3) is 0 Å². The average Bonchev–Trinajstić information content (AvgIpc) is 2.91. The number of H-pyrrole nitrogens is 1. The molecule has 7 nitrogen and oxygen atoms in total. The molecule has 2 aromatic rings. The zero-order valence-electron chi connectivity index (χ0n) is 10.6. The van der Waals surface area contributed by atoms with Crippen molar-refractivity contribution in [1.82, 2.24) is 14.7 Å². The van der Waals surface area contributed by atoms with E-state index in [1.165, 1.54) is 36.8 Å². The standard InChI is InChI=1S/C12H12ClN3O4S/c13-8-1-3-10(4-2-8)21(19,20)16-11(12(17)18)5-9-6-14-7-15-9/h1-4,6-7,11,16H,5H2,(H,14,15)(H,17,18)/p-1/t11-/m0/s1. The molecule has 0 unspecified atom stereocenters. The van der Waals surface area contributed by atoms with Crippen molar-refractivity contribution in [2.75, 3.05) is 0 Å². The zero-order valence-corrected chi connectivity index (χ0v) is 12.2. The fourth-order valence-corrected chi connectivity index (χ4v) is 2.97. The molecule has 2 N–H and O–H groups in total. The SMILES string of the molecule is O=C([O-])[C@H](Cc1cnc[nH]1)NS(=O)(=O)c1ccc(Cl)cc1. The number of benzene rings is 1. The van der Waals surface area contributed by atoms with Crippen LogP contribution in [0, 0.1) is 0 Å². The minimum absolute atomic E-state index is 0.0808. The number of carboxylic acids is 1. The number of carbonyl (C=O) groups is 1. The van der Waals surface area contributed by atoms with Crippen LogP contribution >= 0.6 is 11.6 Å². The quantitative estimate of drug-likeness (QED) is 0.755. The molecule has 1 atom stereocenters. The molecule has 0 aliphatic carbocycles. The smallest absolute Gasteiger partial charge is 0.241 e. The van der Waals surface area contributed by atoms with Crippen LogP contribution in [0.3, 0.4) is 0 Å². The minimum atomic E-state index is -3.99. The van der Waals surface area contributed by atoms with E-state index in [1.54, 1.807) is 0 Å². The maximum atomic E-state index is 12.1. The number of nitrogens with one attached hydrogen (secondary N) is 2. The molecule has 0 radical (unpaired) electrons. The number of sulfonamides is 1. The summed E-state index contributed by atoms with van der Waals surface area (Å²) >= 11 is 5.68. The summed E-state index contributed by atoms with van der Waals surface area (Å²) in [5, 5.41) is 11.5. The lowest BCUT2D eigenvalue weighted by Gasteiger charge is -2.19. The van der Waals surface area contributed by atoms with Crippen LogP contribution in [0.2, 0.25) is 5.02 Å². The number of aromatic nitrogens is 2. The van der Waals surface area contributed by atoms with Gasteiger partial charge in [0.25, 0.3) is 0 Å². The van der Waals surface area contributed by atoms with Crippen molar-refractivity contribution >= 4 is 27.6 Å². The van der Waals surface area contributed by atoms with Gasteiger partial charge in [0, 0.05) is 23.3 Å². The first-order chi connectivity index (χ1) is 9.88. The normalized spacial score (nSPS) is 13.0. The summed E-state index contributed by atoms with van der Waals surface area (Å²) in [6, 6.07) is 3.96. The van der Waals surface area contributed by atoms with Gasteiger partial charge in [-0.25, -0.2) is 18.1 Å². The third kappa shape index (κ3) is 4.03. The molecular formula is C12H11ClN3O4S-. The van der Waals surface area contributed by atoms with E-state index >= 15 is 0 Å². The number of hydrogen-bond acceptors (Lipinski definition) is 5. The first-order valence-corrected chi connectivity index (χ1v) is 7.70. The molecule has 2 rings (SSSR count). The molecule has 1 heterocycles. The Bertz CT molecular complexity index is 713. The maximum absolute atomic E-state index is 12.1. The van der Waals surface area contributed by atoms with Gasteiger partial charge in [0.15, 0.2) is 0 Å². The third-order valence-electron chi connectivity index (χ3n) is 2.68. The van der Waals surface area contributed by atoms with Crippen molar-refractivity contribution in [2.45, 2.75) is 17.4 Å². The molecule has 0 spiro atoms. The van der Waals surface area contributed by atoms with Gasteiger partial charge < -0.3 is 14.9 Å². The number of aliphatic carboxylic acids is 1. The van der Waals surface area contributed by atoms with Crippen molar-refractivity contribution in [1.29, 1.82) is 0 Å². The van der Waals surface area contributed by atoms with Gasteiger partial charge in [-0.05, 0) is 24.3 Å². The van der Waals surface area contributed by atoms with Crippen LogP contribution < -0.4 is 9.83 Å². The van der Waals surface area contributed by atoms with Crippen LogP contribution in [0.5, 0.6) is 0 Å². The van der Waals surface area contributed by atoms with E-state index in [9.17, 15) is 18.3 Å². The lowest BCUT2D eigenvalue weighted by atomic mass is 10.2. The van der Waals surface area contributed by atoms with E-state index in [0.29, 0.717) is 10.7 Å². The maximum Gasteiger partial charge on any atom is 0.241 e. The van der Waals surface area contributed by atoms with Crippen LogP contribution in [0.4, 0.5) is 0 Å². The highest BCUT2D eigenvalue weighted by molar-refractivity contribution is 7.89. The molecule has 1 aromatic heterocycles. The van der Waals surface area contributed by atoms with E-state index in [2.05, 4.69) is 14.7 Å². The number of halogens is 1. The van der Waals surface area contributed by atoms with E-state index in [4.69, 9.17) is 11.6 Å². The van der Waals surface area contributed by atoms with Crippen molar-refractivity contribution in [3.63, 3.8) is 0 Å². The molecule has 9 heteroatoms. The number of aromatic amines is 1. The Kier molecular flexibility index (Phi) is 4.61. The van der Waals surface area contributed by atoms with E-state index in [-0.39, 0.29) is 11.3 Å². The Hall–Kier alpha value is -1.90. The van der Waals surface area contributed by atoms with Crippen LogP contribution in [-0.2, 0) is 21.2 Å². The van der Waals surface area contributed by atoms with Crippen LogP contribution in [0.1, 0.15) is 5.69 Å². The molecule has 0 saturated heterocycles. The highest BCUT2D eigenvalue weighted by atomic mass is 35.5. The Balaban J connectivity index is 2.19. The molecule has 0 bridgehead atoms. The molecule has 0 aliphatic rings. The molecule has 0 aliphatic heterocycles. The molecule has 0 fully saturated rings. The highest BCUT2D eigenvalue weighted by Crippen LogP contribution is 2.14. The molecule has 112 valence electrons. The van der Waals surface area contributed by atoms with Gasteiger partial charge in [-0.3, -0.25) is 0 Å². The van der Waals surface area contributed by atoms with Gasteiger partial charge in [-0.1, -0.05) is 11.6 Å². The number of carboxylic acid groups (broad SMARTS) is 1. The third-order valence-corrected chi connectivity index (χ3v) is 4.42. The summed E-state index contributed by atoms with van der Waals surface area (Å²) in [5.74, 6) is -1.53. The van der Waals surface area contributed by atoms with Gasteiger partial charge in [-0.2, -0.15) is 0 Å². The zero-order chi connectivity index (χ0) is 15.5. The van der Waals surface area contributed by atoms with E-state index < -0.39 is 22.0 Å². The van der Waals surface area contributed by atoms with Gasteiger partial charge >= 0.3 is 0 Å². The fraction of sp³-hybridized carbons (Fsp3) is 0.167. The summed E-state index contributed by atoms with van der Waals surface area (Å²) < 4.78 is 26.3. The number of carbonyl (C=O) groups excluding carboxylic acids is 1. The topological polar surface area (TPSA) is 115 Å². The first-order valence-electron chi connectivity index (χ1n) is 5.84. The molecule has 21 heavy (non-hydrogen) atoms. The molecule has 0 saturated carbocycles. The van der Waals surface area contributed by atoms with Gasteiger partial charge in [0.1, 0.15) is 0 Å². The van der Waals surface area contributed by atoms with Gasteiger partial charge in [0.05, 0.1) is 23.2 Å². The first kappa shape index (κ1) is 15.5. The number of hydrogen-bond donors (Lipinski definition) is 2. The summed E-state index contributed by atoms with van der Waals surface area (Å²) in [6.45, 7) is 0. The second-order valence-electron chi connectivity index (χ2n) is 4.23. The lowest BCUT2D eigenvalue weighted by Crippen LogP contribution is -2.49. The van der Waals surface area contributed by atoms with Gasteiger partial charge in [0.2, 0.25) is 10.0 Å². The van der Waals surface area contributed by atoms with Crippen molar-refractivity contribution < 1.29 is 18.3 Å². The minimum Gasteiger partial charge on any atom is -0.548 e. The predicted molar refractivity (Wildman–Crippen MR) is 72.9 cm³/mol. The van der Waals surface area contributed by atoms with Crippen LogP contribution in [-0.4, -0.2) is 30.4 Å². The summed E-state index contributed by atoms with van der Waals surface area (Å²) in [7, 11) is -3.99. The Morgan fingerprint density at radius 1 is 1.38 bits per heavy atom. The number of rotatable bonds is 6. The van der Waals surface area contributed by atoms with Crippen molar-refractivity contribution in [3.05, 3.63) is 47.5 Å².